The quantitative estimate of drug-likeness (QED) is 0.455. The Hall–Kier alpha value is -3.86. The minimum Gasteiger partial charge on any atom is -0.457 e. The lowest BCUT2D eigenvalue weighted by atomic mass is 10.1. The van der Waals surface area contributed by atoms with Crippen molar-refractivity contribution in [1.29, 1.82) is 5.26 Å². The fourth-order valence-corrected chi connectivity index (χ4v) is 3.36. The Morgan fingerprint density at radius 1 is 1.00 bits per heavy atom. The van der Waals surface area contributed by atoms with E-state index in [4.69, 9.17) is 32.9 Å². The minimum atomic E-state index is -0.936. The highest BCUT2D eigenvalue weighted by molar-refractivity contribution is 6.46. The maximum Gasteiger partial charge on any atom is 0.336 e. The monoisotopic (exact) mass is 451 g/mol. The van der Waals surface area contributed by atoms with E-state index in [1.165, 1.54) is 24.3 Å². The molecule has 0 spiro atoms. The summed E-state index contributed by atoms with van der Waals surface area (Å²) in [5.74, 6) is -1.02. The highest BCUT2D eigenvalue weighted by Crippen LogP contribution is 2.34. The normalized spacial score (nSPS) is 15.2. The largest absolute Gasteiger partial charge is 0.457 e. The van der Waals surface area contributed by atoms with Gasteiger partial charge in [0, 0.05) is 5.56 Å². The van der Waals surface area contributed by atoms with Crippen LogP contribution in [0.2, 0.25) is 10.0 Å². The molecule has 3 aromatic rings. The highest BCUT2D eigenvalue weighted by atomic mass is 35.5. The van der Waals surface area contributed by atoms with Gasteiger partial charge in [-0.3, -0.25) is 14.9 Å². The van der Waals surface area contributed by atoms with Gasteiger partial charge in [0.05, 0.1) is 27.4 Å². The van der Waals surface area contributed by atoms with Crippen LogP contribution in [0, 0.1) is 11.3 Å². The fourth-order valence-electron chi connectivity index (χ4n) is 2.98. The van der Waals surface area contributed by atoms with Crippen LogP contribution in [0.5, 0.6) is 0 Å². The number of hydrogen-bond acceptors (Lipinski definition) is 5. The van der Waals surface area contributed by atoms with Gasteiger partial charge in [0.15, 0.2) is 0 Å². The maximum absolute atomic E-state index is 13.0. The molecule has 31 heavy (non-hydrogen) atoms. The SMILES string of the molecule is N#Cc1ccc(-c2ccc(/C=C3\C(=O)NC(=O)N(c4cccc(Cl)c4Cl)C3=O)o2)cc1. The van der Waals surface area contributed by atoms with E-state index < -0.39 is 17.8 Å². The topological polar surface area (TPSA) is 103 Å². The molecule has 0 radical (unpaired) electrons. The second-order valence-corrected chi connectivity index (χ2v) is 7.21. The molecule has 4 rings (SSSR count). The summed E-state index contributed by atoms with van der Waals surface area (Å²) >= 11 is 12.1. The number of imide groups is 2. The average Bonchev–Trinajstić information content (AvgIpc) is 3.23. The predicted octanol–water partition coefficient (Wildman–Crippen LogP) is 4.79. The summed E-state index contributed by atoms with van der Waals surface area (Å²) < 4.78 is 5.71. The van der Waals surface area contributed by atoms with E-state index in [1.807, 2.05) is 6.07 Å². The smallest absolute Gasteiger partial charge is 0.336 e. The molecule has 0 aliphatic carbocycles. The van der Waals surface area contributed by atoms with Crippen molar-refractivity contribution < 1.29 is 18.8 Å². The van der Waals surface area contributed by atoms with Crippen molar-refractivity contribution in [3.63, 3.8) is 0 Å². The van der Waals surface area contributed by atoms with Crippen molar-refractivity contribution in [2.75, 3.05) is 4.90 Å². The molecular weight excluding hydrogens is 441 g/mol. The van der Waals surface area contributed by atoms with Crippen LogP contribution in [0.3, 0.4) is 0 Å². The minimum absolute atomic E-state index is 0.00228. The van der Waals surface area contributed by atoms with Crippen molar-refractivity contribution in [2.24, 2.45) is 0 Å². The van der Waals surface area contributed by atoms with Crippen LogP contribution in [-0.2, 0) is 9.59 Å². The lowest BCUT2D eigenvalue weighted by molar-refractivity contribution is -0.122. The molecule has 2 heterocycles. The van der Waals surface area contributed by atoms with Gasteiger partial charge in [0.25, 0.3) is 11.8 Å². The van der Waals surface area contributed by atoms with E-state index in [2.05, 4.69) is 5.32 Å². The molecule has 1 saturated heterocycles. The Morgan fingerprint density at radius 2 is 1.74 bits per heavy atom. The van der Waals surface area contributed by atoms with Gasteiger partial charge < -0.3 is 4.42 Å². The Bertz CT molecular complexity index is 1300. The molecular formula is C22H11Cl2N3O4. The number of anilines is 1. The van der Waals surface area contributed by atoms with E-state index >= 15 is 0 Å². The molecule has 2 aromatic carbocycles. The zero-order valence-corrected chi connectivity index (χ0v) is 17.1. The Morgan fingerprint density at radius 3 is 2.45 bits per heavy atom. The Kier molecular flexibility index (Phi) is 5.34. The van der Waals surface area contributed by atoms with Crippen LogP contribution >= 0.6 is 23.2 Å². The number of hydrogen-bond donors (Lipinski definition) is 1. The Balaban J connectivity index is 1.68. The first-order valence-corrected chi connectivity index (χ1v) is 9.60. The second kappa shape index (κ2) is 8.11. The number of furan rings is 1. The maximum atomic E-state index is 13.0. The number of nitrogens with one attached hydrogen (secondary N) is 1. The summed E-state index contributed by atoms with van der Waals surface area (Å²) in [5, 5.41) is 11.2. The number of benzene rings is 2. The van der Waals surface area contributed by atoms with Crippen molar-refractivity contribution in [3.05, 3.63) is 81.5 Å². The lowest BCUT2D eigenvalue weighted by Crippen LogP contribution is -2.54. The first-order chi connectivity index (χ1) is 14.9. The van der Waals surface area contributed by atoms with E-state index in [1.54, 1.807) is 36.4 Å². The second-order valence-electron chi connectivity index (χ2n) is 6.42. The van der Waals surface area contributed by atoms with E-state index in [-0.39, 0.29) is 27.1 Å². The molecule has 1 fully saturated rings. The van der Waals surface area contributed by atoms with Gasteiger partial charge in [-0.25, -0.2) is 9.69 Å². The number of barbiturate groups is 1. The predicted molar refractivity (Wildman–Crippen MR) is 114 cm³/mol. The number of carbonyl (C=O) groups excluding carboxylic acids is 3. The van der Waals surface area contributed by atoms with Gasteiger partial charge in [0.1, 0.15) is 17.1 Å². The van der Waals surface area contributed by atoms with Gasteiger partial charge >= 0.3 is 6.03 Å². The van der Waals surface area contributed by atoms with Crippen LogP contribution < -0.4 is 10.2 Å². The molecule has 0 atom stereocenters. The molecule has 4 amide bonds. The zero-order valence-electron chi connectivity index (χ0n) is 15.6. The zero-order chi connectivity index (χ0) is 22.1. The molecule has 7 nitrogen and oxygen atoms in total. The summed E-state index contributed by atoms with van der Waals surface area (Å²) in [7, 11) is 0. The number of nitrogens with zero attached hydrogens (tertiary/aromatic N) is 2. The van der Waals surface area contributed by atoms with Crippen molar-refractivity contribution >= 4 is 52.8 Å². The third-order valence-electron chi connectivity index (χ3n) is 4.49. The average molecular weight is 452 g/mol. The van der Waals surface area contributed by atoms with Crippen molar-refractivity contribution in [1.82, 2.24) is 5.32 Å². The van der Waals surface area contributed by atoms with E-state index in [0.717, 1.165) is 4.90 Å². The first-order valence-electron chi connectivity index (χ1n) is 8.85. The van der Waals surface area contributed by atoms with E-state index in [0.29, 0.717) is 16.9 Å². The molecule has 0 bridgehead atoms. The van der Waals surface area contributed by atoms with Gasteiger partial charge in [-0.1, -0.05) is 29.3 Å². The van der Waals surface area contributed by atoms with E-state index in [9.17, 15) is 14.4 Å². The van der Waals surface area contributed by atoms with Crippen LogP contribution in [0.15, 0.2) is 64.6 Å². The summed E-state index contributed by atoms with van der Waals surface area (Å²) in [6.45, 7) is 0. The fraction of sp³-hybridized carbons (Fsp3) is 0. The van der Waals surface area contributed by atoms with Crippen LogP contribution in [0.4, 0.5) is 10.5 Å². The van der Waals surface area contributed by atoms with Crippen LogP contribution in [0.25, 0.3) is 17.4 Å². The van der Waals surface area contributed by atoms with Gasteiger partial charge in [0.2, 0.25) is 0 Å². The number of amides is 4. The molecule has 1 aromatic heterocycles. The van der Waals surface area contributed by atoms with Gasteiger partial charge in [-0.2, -0.15) is 5.26 Å². The molecule has 0 saturated carbocycles. The lowest BCUT2D eigenvalue weighted by Gasteiger charge is -2.27. The molecule has 1 N–H and O–H groups in total. The highest BCUT2D eigenvalue weighted by Gasteiger charge is 2.38. The summed E-state index contributed by atoms with van der Waals surface area (Å²) in [6, 6.07) is 15.5. The van der Waals surface area contributed by atoms with Crippen LogP contribution in [0.1, 0.15) is 11.3 Å². The summed E-state index contributed by atoms with van der Waals surface area (Å²) in [5.41, 5.74) is 0.960. The number of nitriles is 1. The number of rotatable bonds is 3. The van der Waals surface area contributed by atoms with Crippen molar-refractivity contribution in [2.45, 2.75) is 0 Å². The molecule has 1 aliphatic heterocycles. The first kappa shape index (κ1) is 20.4. The summed E-state index contributed by atoms with van der Waals surface area (Å²) in [6.07, 6.45) is 1.24. The van der Waals surface area contributed by atoms with Crippen LogP contribution in [-0.4, -0.2) is 17.8 Å². The molecule has 1 aliphatic rings. The Labute approximate surface area is 186 Å². The molecule has 9 heteroatoms. The number of carbonyl (C=O) groups is 3. The molecule has 152 valence electrons. The van der Waals surface area contributed by atoms with Gasteiger partial charge in [-0.15, -0.1) is 0 Å². The van der Waals surface area contributed by atoms with Crippen molar-refractivity contribution in [3.8, 4) is 17.4 Å². The third-order valence-corrected chi connectivity index (χ3v) is 5.29. The number of urea groups is 1. The number of halogens is 2. The molecule has 0 unspecified atom stereocenters. The standard InChI is InChI=1S/C22H11Cl2N3O4/c23-16-2-1-3-17(19(16)24)27-21(29)15(20(28)26-22(27)30)10-14-8-9-18(31-14)13-6-4-12(11-25)5-7-13/h1-10H,(H,26,28,30)/b15-10+. The third kappa shape index (κ3) is 3.82. The summed E-state index contributed by atoms with van der Waals surface area (Å²) in [4.78, 5) is 38.3. The van der Waals surface area contributed by atoms with Gasteiger partial charge in [-0.05, 0) is 54.6 Å².